The number of hydrogen-bond donors (Lipinski definition) is 0. The highest BCUT2D eigenvalue weighted by atomic mass is 15.1. The Kier molecular flexibility index (Phi) is 9.79. The third-order valence-electron chi connectivity index (χ3n) is 13.8. The summed E-state index contributed by atoms with van der Waals surface area (Å²) >= 11 is 0. The van der Waals surface area contributed by atoms with Gasteiger partial charge in [-0.1, -0.05) is 183 Å². The largest absolute Gasteiger partial charge is 0.309 e. The predicted octanol–water partition coefficient (Wildman–Crippen LogP) is 16.4. The van der Waals surface area contributed by atoms with Crippen LogP contribution in [-0.4, -0.2) is 24.1 Å². The van der Waals surface area contributed by atoms with Gasteiger partial charge in [-0.15, -0.1) is 0 Å². The minimum atomic E-state index is 0.385. The maximum Gasteiger partial charge on any atom is 0.166 e. The zero-order valence-electron chi connectivity index (χ0n) is 38.0. The molecule has 0 amide bonds. The summed E-state index contributed by atoms with van der Waals surface area (Å²) in [5.74, 6) is 2.22. The van der Waals surface area contributed by atoms with Crippen molar-refractivity contribution in [3.63, 3.8) is 0 Å². The second-order valence-corrected chi connectivity index (χ2v) is 18.0. The maximum absolute atomic E-state index is 5.49. The summed E-state index contributed by atoms with van der Waals surface area (Å²) in [6.45, 7) is 2.33. The van der Waals surface area contributed by atoms with Gasteiger partial charge in [-0.05, 0) is 112 Å². The molecule has 0 radical (unpaired) electrons. The molecule has 13 rings (SSSR count). The molecule has 9 aromatic carbocycles. The van der Waals surface area contributed by atoms with E-state index in [0.717, 1.165) is 67.8 Å². The lowest BCUT2D eigenvalue weighted by atomic mass is 9.91. The molecule has 12 aromatic rings. The molecule has 0 fully saturated rings. The molecule has 0 spiro atoms. The van der Waals surface area contributed by atoms with Crippen molar-refractivity contribution in [2.24, 2.45) is 0 Å². The molecule has 5 nitrogen and oxygen atoms in total. The summed E-state index contributed by atoms with van der Waals surface area (Å²) in [6, 6.07) is 79.9. The number of allylic oxidation sites excluding steroid dienone is 1. The summed E-state index contributed by atoms with van der Waals surface area (Å²) in [5.41, 5.74) is 17.8. The van der Waals surface area contributed by atoms with Crippen LogP contribution in [0.2, 0.25) is 0 Å². The Labute approximate surface area is 401 Å². The van der Waals surface area contributed by atoms with Crippen LogP contribution in [0.1, 0.15) is 30.5 Å². The van der Waals surface area contributed by atoms with Gasteiger partial charge in [-0.25, -0.2) is 15.0 Å². The number of hydrogen-bond acceptors (Lipinski definition) is 3. The summed E-state index contributed by atoms with van der Waals surface area (Å²) in [6.07, 6.45) is 5.61. The standard InChI is InChI=1S/C64H45N5/c1-42-19-16-33-58-60(42)52-30-14-15-32-55(52)69(58)57-38-36-47(44-22-8-3-9-23-44)41-54(57)64-66-62(45-24-10-4-11-25-45)65-63(67-64)49-27-17-26-48(39-49)51-31-18-34-59-61(51)53-40-46(43-20-6-2-7-21-43)35-37-56(53)68(59)50-28-12-5-13-29-50/h2-18,20-42H,19H2,1H3. The second kappa shape index (κ2) is 16.7. The number of fused-ring (bicyclic) bond motifs is 6. The summed E-state index contributed by atoms with van der Waals surface area (Å²) < 4.78 is 4.81. The number of para-hydroxylation sites is 2. The van der Waals surface area contributed by atoms with Crippen LogP contribution >= 0.6 is 0 Å². The van der Waals surface area contributed by atoms with E-state index >= 15 is 0 Å². The highest BCUT2D eigenvalue weighted by Gasteiger charge is 2.26. The molecule has 1 aliphatic carbocycles. The van der Waals surface area contributed by atoms with Crippen LogP contribution in [0.4, 0.5) is 0 Å². The van der Waals surface area contributed by atoms with Crippen molar-refractivity contribution < 1.29 is 0 Å². The fraction of sp³-hybridized carbons (Fsp3) is 0.0469. The van der Waals surface area contributed by atoms with Gasteiger partial charge >= 0.3 is 0 Å². The molecule has 0 N–H and O–H groups in total. The Morgan fingerprint density at radius 3 is 1.71 bits per heavy atom. The lowest BCUT2D eigenvalue weighted by Gasteiger charge is -2.19. The molecule has 1 aliphatic rings. The van der Waals surface area contributed by atoms with E-state index < -0.39 is 0 Å². The van der Waals surface area contributed by atoms with Gasteiger partial charge in [0.05, 0.1) is 27.9 Å². The highest BCUT2D eigenvalue weighted by molar-refractivity contribution is 6.16. The normalized spacial score (nSPS) is 13.3. The quantitative estimate of drug-likeness (QED) is 0.153. The minimum absolute atomic E-state index is 0.385. The number of rotatable bonds is 8. The van der Waals surface area contributed by atoms with Crippen molar-refractivity contribution in [3.05, 3.63) is 242 Å². The molecule has 69 heavy (non-hydrogen) atoms. The molecule has 5 heteroatoms. The Hall–Kier alpha value is -8.93. The van der Waals surface area contributed by atoms with Gasteiger partial charge < -0.3 is 9.13 Å². The lowest BCUT2D eigenvalue weighted by molar-refractivity contribution is 0.773. The fourth-order valence-electron chi connectivity index (χ4n) is 10.6. The van der Waals surface area contributed by atoms with Crippen LogP contribution in [0.3, 0.4) is 0 Å². The summed E-state index contributed by atoms with van der Waals surface area (Å²) in [4.78, 5) is 16.2. The fourth-order valence-corrected chi connectivity index (χ4v) is 10.6. The first-order valence-electron chi connectivity index (χ1n) is 23.7. The topological polar surface area (TPSA) is 48.5 Å². The van der Waals surface area contributed by atoms with E-state index in [1.807, 2.05) is 18.2 Å². The molecule has 326 valence electrons. The molecule has 3 aromatic heterocycles. The average Bonchev–Trinajstić information content (AvgIpc) is 3.95. The SMILES string of the molecule is CC1CC=Cc2c1c1ccccc1n2-c1ccc(-c2ccccc2)cc1-c1nc(-c2ccccc2)nc(-c2cccc(-c3cccc4c3c3cc(-c5ccccc5)ccc3n4-c3ccccc3)c2)n1. The van der Waals surface area contributed by atoms with Crippen molar-refractivity contribution in [3.8, 4) is 78.9 Å². The Bertz CT molecular complexity index is 3920. The van der Waals surface area contributed by atoms with Crippen LogP contribution in [0.15, 0.2) is 231 Å². The van der Waals surface area contributed by atoms with Crippen molar-refractivity contribution >= 4 is 38.8 Å². The van der Waals surface area contributed by atoms with Crippen molar-refractivity contribution in [1.82, 2.24) is 24.1 Å². The molecular formula is C64H45N5. The molecule has 0 saturated carbocycles. The highest BCUT2D eigenvalue weighted by Crippen LogP contribution is 2.44. The predicted molar refractivity (Wildman–Crippen MR) is 286 cm³/mol. The zero-order chi connectivity index (χ0) is 45.8. The van der Waals surface area contributed by atoms with E-state index in [0.29, 0.717) is 23.4 Å². The number of benzene rings is 9. The molecule has 0 saturated heterocycles. The van der Waals surface area contributed by atoms with Gasteiger partial charge in [0.1, 0.15) is 0 Å². The molecule has 1 atom stereocenters. The Morgan fingerprint density at radius 2 is 0.957 bits per heavy atom. The van der Waals surface area contributed by atoms with Crippen molar-refractivity contribution in [1.29, 1.82) is 0 Å². The van der Waals surface area contributed by atoms with Crippen molar-refractivity contribution in [2.75, 3.05) is 0 Å². The van der Waals surface area contributed by atoms with Crippen LogP contribution in [0.25, 0.3) is 118 Å². The summed E-state index contributed by atoms with van der Waals surface area (Å²) in [5, 5.41) is 3.67. The summed E-state index contributed by atoms with van der Waals surface area (Å²) in [7, 11) is 0. The van der Waals surface area contributed by atoms with Crippen LogP contribution in [0.5, 0.6) is 0 Å². The van der Waals surface area contributed by atoms with E-state index in [9.17, 15) is 0 Å². The van der Waals surface area contributed by atoms with E-state index in [2.05, 4.69) is 234 Å². The molecule has 0 aliphatic heterocycles. The van der Waals surface area contributed by atoms with Gasteiger partial charge in [-0.3, -0.25) is 0 Å². The molecule has 1 unspecified atom stereocenters. The maximum atomic E-state index is 5.49. The van der Waals surface area contributed by atoms with Gasteiger partial charge in [0.15, 0.2) is 17.5 Å². The first-order valence-corrected chi connectivity index (χ1v) is 23.7. The molecule has 0 bridgehead atoms. The third-order valence-corrected chi connectivity index (χ3v) is 13.8. The van der Waals surface area contributed by atoms with Crippen LogP contribution in [-0.2, 0) is 0 Å². The smallest absolute Gasteiger partial charge is 0.166 e. The third kappa shape index (κ3) is 6.98. The van der Waals surface area contributed by atoms with E-state index in [-0.39, 0.29) is 0 Å². The number of aromatic nitrogens is 5. The molecule has 3 heterocycles. The van der Waals surface area contributed by atoms with Crippen molar-refractivity contribution in [2.45, 2.75) is 19.3 Å². The van der Waals surface area contributed by atoms with Gasteiger partial charge in [0.25, 0.3) is 0 Å². The van der Waals surface area contributed by atoms with Gasteiger partial charge in [-0.2, -0.15) is 0 Å². The molecular weight excluding hydrogens is 839 g/mol. The Morgan fingerprint density at radius 1 is 0.391 bits per heavy atom. The first kappa shape index (κ1) is 40.4. The zero-order valence-corrected chi connectivity index (χ0v) is 38.0. The van der Waals surface area contributed by atoms with Gasteiger partial charge in [0, 0.05) is 38.5 Å². The first-order chi connectivity index (χ1) is 34.1. The van der Waals surface area contributed by atoms with Crippen LogP contribution < -0.4 is 0 Å². The second-order valence-electron chi connectivity index (χ2n) is 18.0. The number of nitrogens with zero attached hydrogens (tertiary/aromatic N) is 5. The van der Waals surface area contributed by atoms with Crippen LogP contribution in [0, 0.1) is 0 Å². The van der Waals surface area contributed by atoms with Gasteiger partial charge in [0.2, 0.25) is 0 Å². The van der Waals surface area contributed by atoms with E-state index in [1.54, 1.807) is 0 Å². The lowest BCUT2D eigenvalue weighted by Crippen LogP contribution is -2.06. The Balaban J connectivity index is 1.04. The monoisotopic (exact) mass is 883 g/mol. The van der Waals surface area contributed by atoms with E-state index in [1.165, 1.54) is 44.1 Å². The minimum Gasteiger partial charge on any atom is -0.309 e. The average molecular weight is 884 g/mol. The van der Waals surface area contributed by atoms with E-state index in [4.69, 9.17) is 15.0 Å².